The lowest BCUT2D eigenvalue weighted by atomic mass is 10.1. The molecule has 0 spiro atoms. The van der Waals surface area contributed by atoms with Gasteiger partial charge in [0, 0.05) is 17.7 Å². The number of amides is 1. The lowest BCUT2D eigenvalue weighted by Gasteiger charge is -2.11. The predicted molar refractivity (Wildman–Crippen MR) is 76.7 cm³/mol. The molecule has 110 valence electrons. The topological polar surface area (TPSA) is 64.6 Å². The van der Waals surface area contributed by atoms with Gasteiger partial charge in [0.05, 0.1) is 6.61 Å². The van der Waals surface area contributed by atoms with Crippen LogP contribution >= 0.6 is 0 Å². The van der Waals surface area contributed by atoms with Crippen LogP contribution in [0.5, 0.6) is 5.75 Å². The first-order chi connectivity index (χ1) is 9.56. The van der Waals surface area contributed by atoms with Crippen molar-refractivity contribution in [2.24, 2.45) is 5.92 Å². The zero-order valence-electron chi connectivity index (χ0n) is 12.1. The van der Waals surface area contributed by atoms with E-state index in [1.54, 1.807) is 31.2 Å². The van der Waals surface area contributed by atoms with Crippen molar-refractivity contribution in [2.75, 3.05) is 18.5 Å². The zero-order chi connectivity index (χ0) is 15.0. The molecule has 0 bridgehead atoms. The number of benzene rings is 1. The standard InChI is InChI=1S/C15H21NO4/c1-4-11(3)15(18)16-12-7-6-8-13(9-12)20-10-14(17)19-5-2/h6-9,11H,4-5,10H2,1-3H3,(H,16,18). The van der Waals surface area contributed by atoms with E-state index in [0.717, 1.165) is 6.42 Å². The Morgan fingerprint density at radius 3 is 2.70 bits per heavy atom. The fourth-order valence-electron chi connectivity index (χ4n) is 1.46. The third-order valence-electron chi connectivity index (χ3n) is 2.82. The third kappa shape index (κ3) is 5.30. The maximum Gasteiger partial charge on any atom is 0.344 e. The van der Waals surface area contributed by atoms with E-state index in [1.807, 2.05) is 13.8 Å². The maximum absolute atomic E-state index is 11.8. The molecule has 1 unspecified atom stereocenters. The molecule has 1 aromatic rings. The van der Waals surface area contributed by atoms with Crippen LogP contribution in [0.2, 0.25) is 0 Å². The molecule has 0 aliphatic rings. The van der Waals surface area contributed by atoms with Crippen LogP contribution in [0.15, 0.2) is 24.3 Å². The summed E-state index contributed by atoms with van der Waals surface area (Å²) >= 11 is 0. The molecule has 1 N–H and O–H groups in total. The molecule has 5 nitrogen and oxygen atoms in total. The highest BCUT2D eigenvalue weighted by atomic mass is 16.6. The van der Waals surface area contributed by atoms with Crippen molar-refractivity contribution in [1.29, 1.82) is 0 Å². The summed E-state index contributed by atoms with van der Waals surface area (Å²) in [5.41, 5.74) is 0.650. The number of ether oxygens (including phenoxy) is 2. The van der Waals surface area contributed by atoms with E-state index in [2.05, 4.69) is 5.32 Å². The predicted octanol–water partition coefficient (Wildman–Crippen LogP) is 2.61. The largest absolute Gasteiger partial charge is 0.482 e. The monoisotopic (exact) mass is 279 g/mol. The minimum atomic E-state index is -0.415. The van der Waals surface area contributed by atoms with Crippen LogP contribution in [0.4, 0.5) is 5.69 Å². The van der Waals surface area contributed by atoms with Gasteiger partial charge in [-0.3, -0.25) is 4.79 Å². The van der Waals surface area contributed by atoms with Crippen molar-refractivity contribution in [2.45, 2.75) is 27.2 Å². The summed E-state index contributed by atoms with van der Waals surface area (Å²) in [5.74, 6) is 0.0238. The summed E-state index contributed by atoms with van der Waals surface area (Å²) in [6.07, 6.45) is 0.783. The summed E-state index contributed by atoms with van der Waals surface area (Å²) in [7, 11) is 0. The van der Waals surface area contributed by atoms with E-state index in [-0.39, 0.29) is 18.4 Å². The molecule has 1 rings (SSSR count). The van der Waals surface area contributed by atoms with E-state index in [1.165, 1.54) is 0 Å². The number of hydrogen-bond donors (Lipinski definition) is 1. The van der Waals surface area contributed by atoms with E-state index in [9.17, 15) is 9.59 Å². The van der Waals surface area contributed by atoms with Crippen LogP contribution in [0.25, 0.3) is 0 Å². The number of esters is 1. The van der Waals surface area contributed by atoms with Gasteiger partial charge in [0.15, 0.2) is 6.61 Å². The Hall–Kier alpha value is -2.04. The van der Waals surface area contributed by atoms with E-state index in [0.29, 0.717) is 18.0 Å². The molecular weight excluding hydrogens is 258 g/mol. The van der Waals surface area contributed by atoms with Crippen molar-refractivity contribution in [1.82, 2.24) is 0 Å². The molecule has 0 aliphatic heterocycles. The Morgan fingerprint density at radius 1 is 1.30 bits per heavy atom. The van der Waals surface area contributed by atoms with Gasteiger partial charge in [0.1, 0.15) is 5.75 Å². The third-order valence-corrected chi connectivity index (χ3v) is 2.82. The van der Waals surface area contributed by atoms with Gasteiger partial charge in [-0.25, -0.2) is 4.79 Å². The van der Waals surface area contributed by atoms with E-state index >= 15 is 0 Å². The number of carbonyl (C=O) groups excluding carboxylic acids is 2. The van der Waals surface area contributed by atoms with Gasteiger partial charge in [-0.2, -0.15) is 0 Å². The minimum Gasteiger partial charge on any atom is -0.482 e. The zero-order valence-corrected chi connectivity index (χ0v) is 12.1. The molecule has 0 radical (unpaired) electrons. The van der Waals surface area contributed by atoms with E-state index in [4.69, 9.17) is 9.47 Å². The first-order valence-corrected chi connectivity index (χ1v) is 6.76. The molecule has 1 aromatic carbocycles. The van der Waals surface area contributed by atoms with Crippen molar-refractivity contribution >= 4 is 17.6 Å². The van der Waals surface area contributed by atoms with Crippen molar-refractivity contribution in [3.05, 3.63) is 24.3 Å². The maximum atomic E-state index is 11.8. The quantitative estimate of drug-likeness (QED) is 0.779. The highest BCUT2D eigenvalue weighted by molar-refractivity contribution is 5.92. The van der Waals surface area contributed by atoms with Crippen molar-refractivity contribution in [3.8, 4) is 5.75 Å². The SMILES string of the molecule is CCOC(=O)COc1cccc(NC(=O)C(C)CC)c1. The van der Waals surface area contributed by atoms with Gasteiger partial charge >= 0.3 is 5.97 Å². The smallest absolute Gasteiger partial charge is 0.344 e. The first-order valence-electron chi connectivity index (χ1n) is 6.76. The number of hydrogen-bond acceptors (Lipinski definition) is 4. The average Bonchev–Trinajstić information content (AvgIpc) is 2.45. The minimum absolute atomic E-state index is 0.0324. The van der Waals surface area contributed by atoms with Gasteiger partial charge in [-0.15, -0.1) is 0 Å². The fourth-order valence-corrected chi connectivity index (χ4v) is 1.46. The lowest BCUT2D eigenvalue weighted by Crippen LogP contribution is -2.19. The molecule has 1 amide bonds. The first kappa shape index (κ1) is 16.0. The normalized spacial score (nSPS) is 11.6. The van der Waals surface area contributed by atoms with Gasteiger partial charge in [0.2, 0.25) is 5.91 Å². The van der Waals surface area contributed by atoms with Crippen molar-refractivity contribution < 1.29 is 19.1 Å². The molecule has 5 heteroatoms. The highest BCUT2D eigenvalue weighted by Gasteiger charge is 2.11. The molecule has 0 saturated carbocycles. The summed E-state index contributed by atoms with van der Waals surface area (Å²) in [6, 6.07) is 6.93. The Bertz CT molecular complexity index is 459. The molecule has 0 fully saturated rings. The lowest BCUT2D eigenvalue weighted by molar-refractivity contribution is -0.145. The number of rotatable bonds is 7. The summed E-state index contributed by atoms with van der Waals surface area (Å²) < 4.78 is 10.1. The molecule has 0 aliphatic carbocycles. The summed E-state index contributed by atoms with van der Waals surface area (Å²) in [5, 5.41) is 2.81. The Labute approximate surface area is 119 Å². The number of anilines is 1. The second-order valence-electron chi connectivity index (χ2n) is 4.42. The van der Waals surface area contributed by atoms with Crippen LogP contribution < -0.4 is 10.1 Å². The van der Waals surface area contributed by atoms with Gasteiger partial charge in [-0.1, -0.05) is 19.9 Å². The van der Waals surface area contributed by atoms with Gasteiger partial charge < -0.3 is 14.8 Å². The Morgan fingerprint density at radius 2 is 2.05 bits per heavy atom. The summed E-state index contributed by atoms with van der Waals surface area (Å²) in [6.45, 7) is 5.76. The second kappa shape index (κ2) is 8.19. The van der Waals surface area contributed by atoms with Gasteiger partial charge in [-0.05, 0) is 25.5 Å². The van der Waals surface area contributed by atoms with Crippen LogP contribution in [-0.4, -0.2) is 25.1 Å². The second-order valence-corrected chi connectivity index (χ2v) is 4.42. The molecule has 20 heavy (non-hydrogen) atoms. The molecule has 1 atom stereocenters. The van der Waals surface area contributed by atoms with Crippen LogP contribution in [0.3, 0.4) is 0 Å². The molecule has 0 heterocycles. The average molecular weight is 279 g/mol. The molecular formula is C15H21NO4. The Balaban J connectivity index is 2.57. The highest BCUT2D eigenvalue weighted by Crippen LogP contribution is 2.18. The number of nitrogens with one attached hydrogen (secondary N) is 1. The van der Waals surface area contributed by atoms with Crippen molar-refractivity contribution in [3.63, 3.8) is 0 Å². The fraction of sp³-hybridized carbons (Fsp3) is 0.467. The summed E-state index contributed by atoms with van der Waals surface area (Å²) in [4.78, 5) is 23.0. The van der Waals surface area contributed by atoms with Crippen LogP contribution in [0.1, 0.15) is 27.2 Å². The van der Waals surface area contributed by atoms with Crippen LogP contribution in [-0.2, 0) is 14.3 Å². The van der Waals surface area contributed by atoms with Gasteiger partial charge in [0.25, 0.3) is 0 Å². The molecule has 0 saturated heterocycles. The Kier molecular flexibility index (Phi) is 6.56. The number of carbonyl (C=O) groups is 2. The van der Waals surface area contributed by atoms with E-state index < -0.39 is 5.97 Å². The molecule has 0 aromatic heterocycles. The van der Waals surface area contributed by atoms with Crippen LogP contribution in [0, 0.1) is 5.92 Å².